The first-order valence-corrected chi connectivity index (χ1v) is 6.23. The van der Waals surface area contributed by atoms with Crippen LogP contribution in [-0.2, 0) is 4.74 Å². The van der Waals surface area contributed by atoms with Crippen LogP contribution in [0.25, 0.3) is 0 Å². The number of hydrogen-bond donors (Lipinski definition) is 1. The molecule has 0 aromatic heterocycles. The van der Waals surface area contributed by atoms with Crippen LogP contribution in [0.1, 0.15) is 6.92 Å². The van der Waals surface area contributed by atoms with E-state index in [0.29, 0.717) is 12.2 Å². The molecule has 2 aliphatic heterocycles. The predicted molar refractivity (Wildman–Crippen MR) is 69.0 cm³/mol. The van der Waals surface area contributed by atoms with E-state index in [1.54, 1.807) is 0 Å². The molecule has 2 aliphatic rings. The summed E-state index contributed by atoms with van der Waals surface area (Å²) in [7, 11) is 0. The lowest BCUT2D eigenvalue weighted by Gasteiger charge is -2.26. The third-order valence-corrected chi connectivity index (χ3v) is 3.70. The van der Waals surface area contributed by atoms with Gasteiger partial charge in [0.25, 0.3) is 0 Å². The minimum absolute atomic E-state index is 0.503. The molecular formula is C13H19N3O. The van der Waals surface area contributed by atoms with Crippen LogP contribution in [0.4, 0.5) is 11.4 Å². The molecule has 0 saturated carbocycles. The van der Waals surface area contributed by atoms with E-state index in [2.05, 4.69) is 22.8 Å². The number of rotatable bonds is 2. The molecule has 0 radical (unpaired) electrons. The van der Waals surface area contributed by atoms with Crippen molar-refractivity contribution in [2.75, 3.05) is 36.9 Å². The smallest absolute Gasteiger partial charge is 0.103 e. The van der Waals surface area contributed by atoms with E-state index in [9.17, 15) is 0 Å². The minimum Gasteiger partial charge on any atom is -0.397 e. The lowest BCUT2D eigenvalue weighted by atomic mass is 10.3. The number of nitrogens with zero attached hydrogens (tertiary/aromatic N) is 2. The van der Waals surface area contributed by atoms with E-state index in [1.165, 1.54) is 0 Å². The SMILES string of the molecule is CC1C(N2CCOCC2)N1c1ccccc1N. The highest BCUT2D eigenvalue weighted by molar-refractivity contribution is 5.71. The van der Waals surface area contributed by atoms with Gasteiger partial charge in [-0.2, -0.15) is 0 Å². The Bertz CT molecular complexity index is 403. The molecule has 3 rings (SSSR count). The van der Waals surface area contributed by atoms with Gasteiger partial charge in [-0.1, -0.05) is 12.1 Å². The highest BCUT2D eigenvalue weighted by Gasteiger charge is 2.48. The van der Waals surface area contributed by atoms with Crippen LogP contribution < -0.4 is 10.6 Å². The van der Waals surface area contributed by atoms with E-state index < -0.39 is 0 Å². The quantitative estimate of drug-likeness (QED) is 0.614. The number of benzene rings is 1. The van der Waals surface area contributed by atoms with Crippen LogP contribution in [-0.4, -0.2) is 43.4 Å². The third kappa shape index (κ3) is 1.87. The molecule has 2 unspecified atom stereocenters. The van der Waals surface area contributed by atoms with Crippen LogP contribution in [0.2, 0.25) is 0 Å². The molecule has 0 bridgehead atoms. The van der Waals surface area contributed by atoms with Gasteiger partial charge in [0.15, 0.2) is 0 Å². The van der Waals surface area contributed by atoms with Crippen LogP contribution in [0, 0.1) is 0 Å². The number of hydrogen-bond acceptors (Lipinski definition) is 4. The van der Waals surface area contributed by atoms with Crippen molar-refractivity contribution in [3.05, 3.63) is 24.3 Å². The molecule has 0 spiro atoms. The van der Waals surface area contributed by atoms with Crippen LogP contribution in [0.3, 0.4) is 0 Å². The summed E-state index contributed by atoms with van der Waals surface area (Å²) in [5, 5.41) is 0. The van der Waals surface area contributed by atoms with E-state index in [-0.39, 0.29) is 0 Å². The third-order valence-electron chi connectivity index (χ3n) is 3.70. The summed E-state index contributed by atoms with van der Waals surface area (Å²) in [5.74, 6) is 0. The van der Waals surface area contributed by atoms with E-state index in [0.717, 1.165) is 37.7 Å². The van der Waals surface area contributed by atoms with Gasteiger partial charge in [0.05, 0.1) is 30.6 Å². The number of para-hydroxylation sites is 2. The molecule has 1 aromatic rings. The molecular weight excluding hydrogens is 214 g/mol. The van der Waals surface area contributed by atoms with Crippen molar-refractivity contribution in [2.24, 2.45) is 0 Å². The Labute approximate surface area is 102 Å². The molecule has 2 fully saturated rings. The van der Waals surface area contributed by atoms with Crippen LogP contribution >= 0.6 is 0 Å². The Morgan fingerprint density at radius 2 is 1.94 bits per heavy atom. The second-order valence-corrected chi connectivity index (χ2v) is 4.77. The first-order chi connectivity index (χ1) is 8.29. The van der Waals surface area contributed by atoms with Gasteiger partial charge in [-0.25, -0.2) is 0 Å². The summed E-state index contributed by atoms with van der Waals surface area (Å²) in [6, 6.07) is 8.66. The predicted octanol–water partition coefficient (Wildman–Crippen LogP) is 1.14. The fraction of sp³-hybridized carbons (Fsp3) is 0.538. The van der Waals surface area contributed by atoms with Gasteiger partial charge in [-0.3, -0.25) is 4.90 Å². The van der Waals surface area contributed by atoms with E-state index >= 15 is 0 Å². The van der Waals surface area contributed by atoms with Crippen molar-refractivity contribution in [3.63, 3.8) is 0 Å². The number of nitrogen functional groups attached to an aromatic ring is 1. The molecule has 0 aliphatic carbocycles. The number of morpholine rings is 1. The first kappa shape index (κ1) is 10.9. The average molecular weight is 233 g/mol. The van der Waals surface area contributed by atoms with Gasteiger partial charge in [-0.05, 0) is 19.1 Å². The van der Waals surface area contributed by atoms with E-state index in [4.69, 9.17) is 10.5 Å². The standard InChI is InChI=1S/C13H19N3O/c1-10-13(15-6-8-17-9-7-15)16(10)12-5-3-2-4-11(12)14/h2-5,10,13H,6-9,14H2,1H3. The Kier molecular flexibility index (Phi) is 2.68. The molecule has 17 heavy (non-hydrogen) atoms. The van der Waals surface area contributed by atoms with Gasteiger partial charge in [0, 0.05) is 13.1 Å². The molecule has 1 aromatic carbocycles. The topological polar surface area (TPSA) is 41.5 Å². The molecule has 4 heteroatoms. The van der Waals surface area contributed by atoms with E-state index in [1.807, 2.05) is 18.2 Å². The average Bonchev–Trinajstić information content (AvgIpc) is 3.02. The highest BCUT2D eigenvalue weighted by atomic mass is 16.5. The number of anilines is 2. The second kappa shape index (κ2) is 4.20. The molecule has 0 amide bonds. The summed E-state index contributed by atoms with van der Waals surface area (Å²) in [6.45, 7) is 6.01. The minimum atomic E-state index is 0.503. The van der Waals surface area contributed by atoms with Gasteiger partial charge >= 0.3 is 0 Å². The maximum atomic E-state index is 6.03. The summed E-state index contributed by atoms with van der Waals surface area (Å²) < 4.78 is 5.39. The summed E-state index contributed by atoms with van der Waals surface area (Å²) >= 11 is 0. The first-order valence-electron chi connectivity index (χ1n) is 6.23. The van der Waals surface area contributed by atoms with Gasteiger partial charge < -0.3 is 15.4 Å². The van der Waals surface area contributed by atoms with Gasteiger partial charge in [0.2, 0.25) is 0 Å². The molecule has 2 heterocycles. The Hall–Kier alpha value is -1.26. The van der Waals surface area contributed by atoms with Crippen molar-refractivity contribution in [3.8, 4) is 0 Å². The Morgan fingerprint density at radius 3 is 2.65 bits per heavy atom. The van der Waals surface area contributed by atoms with Crippen molar-refractivity contribution in [2.45, 2.75) is 19.1 Å². The molecule has 92 valence electrons. The normalized spacial score (nSPS) is 29.4. The fourth-order valence-electron chi connectivity index (χ4n) is 2.74. The molecule has 2 N–H and O–H groups in total. The fourth-order valence-corrected chi connectivity index (χ4v) is 2.74. The number of ether oxygens (including phenoxy) is 1. The zero-order valence-corrected chi connectivity index (χ0v) is 10.2. The van der Waals surface area contributed by atoms with Crippen molar-refractivity contribution in [1.82, 2.24) is 4.90 Å². The lowest BCUT2D eigenvalue weighted by molar-refractivity contribution is 0.0335. The maximum Gasteiger partial charge on any atom is 0.103 e. The number of nitrogens with two attached hydrogens (primary N) is 1. The lowest BCUT2D eigenvalue weighted by Crippen LogP contribution is -2.40. The highest BCUT2D eigenvalue weighted by Crippen LogP contribution is 2.40. The second-order valence-electron chi connectivity index (χ2n) is 4.77. The molecule has 4 nitrogen and oxygen atoms in total. The zero-order chi connectivity index (χ0) is 11.8. The molecule has 2 saturated heterocycles. The Balaban J connectivity index is 1.76. The van der Waals surface area contributed by atoms with Crippen LogP contribution in [0.5, 0.6) is 0 Å². The zero-order valence-electron chi connectivity index (χ0n) is 10.2. The van der Waals surface area contributed by atoms with Gasteiger partial charge in [-0.15, -0.1) is 0 Å². The summed E-state index contributed by atoms with van der Waals surface area (Å²) in [4.78, 5) is 4.88. The Morgan fingerprint density at radius 1 is 1.24 bits per heavy atom. The summed E-state index contributed by atoms with van der Waals surface area (Å²) in [6.07, 6.45) is 0.503. The van der Waals surface area contributed by atoms with Crippen LogP contribution in [0.15, 0.2) is 24.3 Å². The largest absolute Gasteiger partial charge is 0.397 e. The van der Waals surface area contributed by atoms with Crippen molar-refractivity contribution in [1.29, 1.82) is 0 Å². The summed E-state index contributed by atoms with van der Waals surface area (Å²) in [5.41, 5.74) is 8.06. The van der Waals surface area contributed by atoms with Crippen molar-refractivity contribution < 1.29 is 4.74 Å². The monoisotopic (exact) mass is 233 g/mol. The van der Waals surface area contributed by atoms with Gasteiger partial charge in [0.1, 0.15) is 6.17 Å². The van der Waals surface area contributed by atoms with Crippen molar-refractivity contribution >= 4 is 11.4 Å². The maximum absolute atomic E-state index is 6.03. The molecule has 2 atom stereocenters.